The second kappa shape index (κ2) is 6.30. The van der Waals surface area contributed by atoms with Gasteiger partial charge in [0.05, 0.1) is 10.6 Å². The van der Waals surface area contributed by atoms with Gasteiger partial charge in [0.15, 0.2) is 0 Å². The Kier molecular flexibility index (Phi) is 4.47. The van der Waals surface area contributed by atoms with Gasteiger partial charge in [-0.15, -0.1) is 0 Å². The number of rotatable bonds is 5. The zero-order valence-electron chi connectivity index (χ0n) is 12.4. The summed E-state index contributed by atoms with van der Waals surface area (Å²) in [6, 6.07) is 6.51. The topological polar surface area (TPSA) is 81.0 Å². The molecule has 0 aliphatic carbocycles. The van der Waals surface area contributed by atoms with Crippen molar-refractivity contribution >= 4 is 11.5 Å². The van der Waals surface area contributed by atoms with Gasteiger partial charge in [0.1, 0.15) is 11.6 Å². The summed E-state index contributed by atoms with van der Waals surface area (Å²) in [5, 5.41) is 14.2. The molecule has 2 aromatic rings. The number of nitrogens with one attached hydrogen (secondary N) is 1. The Bertz CT molecular complexity index is 671. The second-order valence-electron chi connectivity index (χ2n) is 4.83. The van der Waals surface area contributed by atoms with Crippen molar-refractivity contribution in [1.82, 2.24) is 9.97 Å². The maximum atomic E-state index is 10.9. The second-order valence-corrected chi connectivity index (χ2v) is 4.83. The van der Waals surface area contributed by atoms with E-state index in [0.717, 1.165) is 35.6 Å². The molecule has 0 saturated carbocycles. The monoisotopic (exact) mass is 286 g/mol. The quantitative estimate of drug-likeness (QED) is 0.672. The van der Waals surface area contributed by atoms with E-state index < -0.39 is 4.92 Å². The maximum Gasteiger partial charge on any atom is 0.270 e. The summed E-state index contributed by atoms with van der Waals surface area (Å²) in [6.45, 7) is 6.65. The molecule has 1 aromatic carbocycles. The Morgan fingerprint density at radius 2 is 2.05 bits per heavy atom. The largest absolute Gasteiger partial charge is 0.370 e. The summed E-state index contributed by atoms with van der Waals surface area (Å²) in [7, 11) is 0. The minimum atomic E-state index is -0.400. The van der Waals surface area contributed by atoms with E-state index in [1.807, 2.05) is 19.9 Å². The lowest BCUT2D eigenvalue weighted by molar-refractivity contribution is -0.384. The Labute approximate surface area is 123 Å². The van der Waals surface area contributed by atoms with E-state index in [9.17, 15) is 10.1 Å². The number of nitrogens with zero attached hydrogens (tertiary/aromatic N) is 3. The van der Waals surface area contributed by atoms with Gasteiger partial charge >= 0.3 is 0 Å². The van der Waals surface area contributed by atoms with E-state index in [2.05, 4.69) is 22.2 Å². The third kappa shape index (κ3) is 3.34. The van der Waals surface area contributed by atoms with Crippen LogP contribution in [-0.4, -0.2) is 21.4 Å². The van der Waals surface area contributed by atoms with Crippen LogP contribution in [0.3, 0.4) is 0 Å². The van der Waals surface area contributed by atoms with E-state index in [0.29, 0.717) is 5.82 Å². The average molecular weight is 286 g/mol. The third-order valence-corrected chi connectivity index (χ3v) is 3.13. The summed E-state index contributed by atoms with van der Waals surface area (Å²) in [5.41, 5.74) is 2.41. The van der Waals surface area contributed by atoms with Crippen molar-refractivity contribution < 1.29 is 4.92 Å². The lowest BCUT2D eigenvalue weighted by Gasteiger charge is -2.12. The van der Waals surface area contributed by atoms with Crippen LogP contribution >= 0.6 is 0 Å². The lowest BCUT2D eigenvalue weighted by Crippen LogP contribution is -2.07. The highest BCUT2D eigenvalue weighted by Gasteiger charge is 2.13. The highest BCUT2D eigenvalue weighted by molar-refractivity contribution is 5.70. The molecule has 1 N–H and O–H groups in total. The molecular formula is C15H18N4O2. The van der Waals surface area contributed by atoms with Gasteiger partial charge in [-0.05, 0) is 20.3 Å². The minimum Gasteiger partial charge on any atom is -0.370 e. The number of nitro groups is 1. The van der Waals surface area contributed by atoms with Crippen LogP contribution in [0.4, 0.5) is 11.5 Å². The van der Waals surface area contributed by atoms with E-state index in [-0.39, 0.29) is 5.69 Å². The molecule has 0 fully saturated rings. The Morgan fingerprint density at radius 3 is 2.71 bits per heavy atom. The van der Waals surface area contributed by atoms with E-state index >= 15 is 0 Å². The zero-order valence-corrected chi connectivity index (χ0v) is 12.4. The van der Waals surface area contributed by atoms with Crippen LogP contribution in [0, 0.1) is 24.0 Å². The van der Waals surface area contributed by atoms with Gasteiger partial charge < -0.3 is 5.32 Å². The number of anilines is 1. The summed E-state index contributed by atoms with van der Waals surface area (Å²) in [6.07, 6.45) is 0.995. The van der Waals surface area contributed by atoms with Gasteiger partial charge in [-0.2, -0.15) is 0 Å². The van der Waals surface area contributed by atoms with Crippen molar-refractivity contribution in [1.29, 1.82) is 0 Å². The summed E-state index contributed by atoms with van der Waals surface area (Å²) in [5.74, 6) is 1.42. The fraction of sp³-hybridized carbons (Fsp3) is 0.333. The van der Waals surface area contributed by atoms with Crippen LogP contribution in [0.15, 0.2) is 24.3 Å². The first-order chi connectivity index (χ1) is 10.0. The van der Waals surface area contributed by atoms with E-state index in [4.69, 9.17) is 0 Å². The minimum absolute atomic E-state index is 0.0613. The standard InChI is InChI=1S/C15H18N4O2/c1-4-8-16-15-10(2)14(17-11(3)18-15)12-6-5-7-13(9-12)19(20)21/h5-7,9H,4,8H2,1-3H3,(H,16,17,18). The Balaban J connectivity index is 2.50. The van der Waals surface area contributed by atoms with Crippen LogP contribution in [0.5, 0.6) is 0 Å². The van der Waals surface area contributed by atoms with Crippen molar-refractivity contribution in [2.24, 2.45) is 0 Å². The molecule has 0 bridgehead atoms. The highest BCUT2D eigenvalue weighted by Crippen LogP contribution is 2.28. The Morgan fingerprint density at radius 1 is 1.29 bits per heavy atom. The molecule has 0 spiro atoms. The van der Waals surface area contributed by atoms with Gasteiger partial charge in [0.25, 0.3) is 5.69 Å². The number of nitro benzene ring substituents is 1. The average Bonchev–Trinajstić information content (AvgIpc) is 2.47. The number of non-ortho nitro benzene ring substituents is 1. The fourth-order valence-electron chi connectivity index (χ4n) is 2.09. The maximum absolute atomic E-state index is 10.9. The number of hydrogen-bond donors (Lipinski definition) is 1. The van der Waals surface area contributed by atoms with Crippen LogP contribution in [0.2, 0.25) is 0 Å². The van der Waals surface area contributed by atoms with Crippen molar-refractivity contribution in [3.8, 4) is 11.3 Å². The molecule has 0 unspecified atom stereocenters. The molecule has 0 radical (unpaired) electrons. The lowest BCUT2D eigenvalue weighted by atomic mass is 10.1. The molecule has 2 rings (SSSR count). The number of aromatic nitrogens is 2. The molecule has 0 aliphatic heterocycles. The number of aryl methyl sites for hydroxylation is 1. The summed E-state index contributed by atoms with van der Waals surface area (Å²) < 4.78 is 0. The number of hydrogen-bond acceptors (Lipinski definition) is 5. The molecule has 110 valence electrons. The molecule has 0 atom stereocenters. The van der Waals surface area contributed by atoms with Crippen LogP contribution in [0.1, 0.15) is 24.7 Å². The zero-order chi connectivity index (χ0) is 15.4. The molecule has 1 aromatic heterocycles. The molecule has 0 amide bonds. The van der Waals surface area contributed by atoms with Gasteiger partial charge in [0, 0.05) is 29.8 Å². The Hall–Kier alpha value is -2.50. The van der Waals surface area contributed by atoms with Crippen LogP contribution in [-0.2, 0) is 0 Å². The summed E-state index contributed by atoms with van der Waals surface area (Å²) in [4.78, 5) is 19.3. The first-order valence-electron chi connectivity index (χ1n) is 6.87. The molecule has 1 heterocycles. The van der Waals surface area contributed by atoms with Crippen molar-refractivity contribution in [2.75, 3.05) is 11.9 Å². The van der Waals surface area contributed by atoms with Gasteiger partial charge in [-0.25, -0.2) is 9.97 Å². The smallest absolute Gasteiger partial charge is 0.270 e. The van der Waals surface area contributed by atoms with E-state index in [1.54, 1.807) is 12.1 Å². The molecule has 6 nitrogen and oxygen atoms in total. The predicted octanol–water partition coefficient (Wildman–Crippen LogP) is 3.49. The molecule has 0 aliphatic rings. The van der Waals surface area contributed by atoms with Gasteiger partial charge in [-0.1, -0.05) is 19.1 Å². The van der Waals surface area contributed by atoms with Crippen molar-refractivity contribution in [2.45, 2.75) is 27.2 Å². The SMILES string of the molecule is CCCNc1nc(C)nc(-c2cccc([N+](=O)[O-])c2)c1C. The van der Waals surface area contributed by atoms with Crippen molar-refractivity contribution in [3.05, 3.63) is 45.8 Å². The van der Waals surface area contributed by atoms with Crippen LogP contribution < -0.4 is 5.32 Å². The van der Waals surface area contributed by atoms with Gasteiger partial charge in [-0.3, -0.25) is 10.1 Å². The molecule has 21 heavy (non-hydrogen) atoms. The first kappa shape index (κ1) is 14.9. The molecule has 6 heteroatoms. The van der Waals surface area contributed by atoms with Crippen LogP contribution in [0.25, 0.3) is 11.3 Å². The van der Waals surface area contributed by atoms with Gasteiger partial charge in [0.2, 0.25) is 0 Å². The first-order valence-corrected chi connectivity index (χ1v) is 6.87. The molecular weight excluding hydrogens is 268 g/mol. The number of benzene rings is 1. The molecule has 0 saturated heterocycles. The highest BCUT2D eigenvalue weighted by atomic mass is 16.6. The normalized spacial score (nSPS) is 10.4. The van der Waals surface area contributed by atoms with E-state index in [1.165, 1.54) is 6.07 Å². The predicted molar refractivity (Wildman–Crippen MR) is 82.4 cm³/mol. The fourth-order valence-corrected chi connectivity index (χ4v) is 2.09. The van der Waals surface area contributed by atoms with Crippen molar-refractivity contribution in [3.63, 3.8) is 0 Å². The summed E-state index contributed by atoms with van der Waals surface area (Å²) >= 11 is 0. The third-order valence-electron chi connectivity index (χ3n) is 3.13.